The Hall–Kier alpha value is -2.28. The first kappa shape index (κ1) is 21.4. The highest BCUT2D eigenvalue weighted by molar-refractivity contribution is 6.30. The molecule has 1 saturated heterocycles. The molecule has 1 atom stereocenters. The molecule has 1 fully saturated rings. The molecule has 2 aromatic rings. The van der Waals surface area contributed by atoms with Gasteiger partial charge in [-0.15, -0.1) is 0 Å². The lowest BCUT2D eigenvalue weighted by Gasteiger charge is -2.32. The summed E-state index contributed by atoms with van der Waals surface area (Å²) in [4.78, 5) is 15.5. The van der Waals surface area contributed by atoms with Crippen molar-refractivity contribution in [3.63, 3.8) is 0 Å². The fourth-order valence-electron chi connectivity index (χ4n) is 3.82. The Balaban J connectivity index is 1.51. The third-order valence-corrected chi connectivity index (χ3v) is 5.83. The minimum absolute atomic E-state index is 0.0330. The Kier molecular flexibility index (Phi) is 7.36. The maximum atomic E-state index is 12.6. The van der Waals surface area contributed by atoms with Crippen LogP contribution < -0.4 is 24.6 Å². The van der Waals surface area contributed by atoms with Crippen molar-refractivity contribution in [2.24, 2.45) is 0 Å². The molecule has 3 rings (SSSR count). The van der Waals surface area contributed by atoms with Gasteiger partial charge in [0.1, 0.15) is 32.7 Å². The van der Waals surface area contributed by atoms with Crippen molar-refractivity contribution in [3.05, 3.63) is 53.1 Å². The largest absolute Gasteiger partial charge is 0.493 e. The van der Waals surface area contributed by atoms with Crippen LogP contribution in [-0.2, 0) is 11.3 Å². The number of quaternary nitrogens is 2. The Bertz CT molecular complexity index is 838. The number of hydrogen-bond acceptors (Lipinski definition) is 3. The van der Waals surface area contributed by atoms with Crippen LogP contribution in [-0.4, -0.2) is 52.3 Å². The minimum atomic E-state index is -0.100. The number of benzene rings is 2. The first-order chi connectivity index (χ1) is 14.0. The van der Waals surface area contributed by atoms with Crippen LogP contribution in [0.15, 0.2) is 42.5 Å². The molecule has 0 unspecified atom stereocenters. The monoisotopic (exact) mass is 419 g/mol. The zero-order valence-electron chi connectivity index (χ0n) is 17.3. The number of hydrogen-bond donors (Lipinski definition) is 3. The van der Waals surface area contributed by atoms with Gasteiger partial charge in [-0.3, -0.25) is 4.79 Å². The van der Waals surface area contributed by atoms with Crippen molar-refractivity contribution in [1.29, 1.82) is 0 Å². The second-order valence-electron chi connectivity index (χ2n) is 7.50. The summed E-state index contributed by atoms with van der Waals surface area (Å²) in [6.07, 6.45) is 0. The molecule has 6 nitrogen and oxygen atoms in total. The number of nitrogens with one attached hydrogen (secondary N) is 3. The fraction of sp³-hybridized carbons (Fsp3) is 0.409. The lowest BCUT2D eigenvalue weighted by Crippen LogP contribution is -3.29. The molecule has 1 aliphatic rings. The Morgan fingerprint density at radius 1 is 1.07 bits per heavy atom. The molecule has 1 heterocycles. The highest BCUT2D eigenvalue weighted by Gasteiger charge is 2.31. The van der Waals surface area contributed by atoms with E-state index < -0.39 is 0 Å². The Morgan fingerprint density at radius 3 is 2.45 bits per heavy atom. The van der Waals surface area contributed by atoms with Crippen LogP contribution in [0.25, 0.3) is 0 Å². The number of carbonyl (C=O) groups excluding carboxylic acids is 1. The van der Waals surface area contributed by atoms with Gasteiger partial charge in [0, 0.05) is 16.3 Å². The number of piperazine rings is 1. The number of ether oxygens (including phenoxy) is 2. The molecule has 1 aliphatic heterocycles. The van der Waals surface area contributed by atoms with Crippen LogP contribution in [0.2, 0.25) is 5.02 Å². The molecule has 0 radical (unpaired) electrons. The molecule has 0 aromatic heterocycles. The molecule has 0 spiro atoms. The van der Waals surface area contributed by atoms with Gasteiger partial charge in [0.2, 0.25) is 0 Å². The number of amides is 1. The third-order valence-electron chi connectivity index (χ3n) is 5.60. The van der Waals surface area contributed by atoms with E-state index in [-0.39, 0.29) is 11.9 Å². The van der Waals surface area contributed by atoms with Crippen LogP contribution in [0.3, 0.4) is 0 Å². The summed E-state index contributed by atoms with van der Waals surface area (Å²) in [7, 11) is 3.31. The summed E-state index contributed by atoms with van der Waals surface area (Å²) in [6.45, 7) is 6.92. The van der Waals surface area contributed by atoms with Gasteiger partial charge >= 0.3 is 0 Å². The molecule has 29 heavy (non-hydrogen) atoms. The maximum Gasteiger partial charge on any atom is 0.282 e. The van der Waals surface area contributed by atoms with E-state index in [4.69, 9.17) is 21.1 Å². The number of methoxy groups -OCH3 is 2. The summed E-state index contributed by atoms with van der Waals surface area (Å²) in [5.41, 5.74) is 1.97. The van der Waals surface area contributed by atoms with E-state index in [1.165, 1.54) is 15.4 Å². The van der Waals surface area contributed by atoms with Crippen molar-refractivity contribution in [3.8, 4) is 11.5 Å². The number of carbonyl (C=O) groups is 1. The van der Waals surface area contributed by atoms with Crippen molar-refractivity contribution >= 4 is 23.2 Å². The minimum Gasteiger partial charge on any atom is -0.493 e. The van der Waals surface area contributed by atoms with E-state index in [0.29, 0.717) is 5.02 Å². The second kappa shape index (κ2) is 9.96. The first-order valence-corrected chi connectivity index (χ1v) is 10.3. The van der Waals surface area contributed by atoms with E-state index in [0.717, 1.165) is 49.9 Å². The van der Waals surface area contributed by atoms with Crippen LogP contribution in [0.5, 0.6) is 11.5 Å². The summed E-state index contributed by atoms with van der Waals surface area (Å²) in [5, 5.41) is 3.60. The SMILES string of the molecule is COc1ccc(C[NH+]2CC[NH+]([C@@H](C)C(=O)Nc3cccc(Cl)c3)CC2)cc1OC. The molecule has 0 aliphatic carbocycles. The van der Waals surface area contributed by atoms with Gasteiger partial charge in [-0.25, -0.2) is 0 Å². The zero-order chi connectivity index (χ0) is 20.8. The summed E-state index contributed by atoms with van der Waals surface area (Å²) in [6, 6.07) is 13.3. The summed E-state index contributed by atoms with van der Waals surface area (Å²) < 4.78 is 10.7. The number of anilines is 1. The van der Waals surface area contributed by atoms with Crippen molar-refractivity contribution in [1.82, 2.24) is 0 Å². The fourth-order valence-corrected chi connectivity index (χ4v) is 4.01. The van der Waals surface area contributed by atoms with E-state index in [1.54, 1.807) is 26.4 Å². The van der Waals surface area contributed by atoms with Crippen LogP contribution in [0.1, 0.15) is 12.5 Å². The Labute approximate surface area is 177 Å². The van der Waals surface area contributed by atoms with Gasteiger partial charge in [-0.05, 0) is 43.3 Å². The van der Waals surface area contributed by atoms with Crippen LogP contribution >= 0.6 is 11.6 Å². The first-order valence-electron chi connectivity index (χ1n) is 9.95. The molecule has 3 N–H and O–H groups in total. The molecule has 1 amide bonds. The van der Waals surface area contributed by atoms with Gasteiger partial charge in [0.25, 0.3) is 5.91 Å². The standard InChI is InChI=1S/C22H28ClN3O3/c1-16(22(27)24-19-6-4-5-18(23)14-19)26-11-9-25(10-12-26)15-17-7-8-20(28-2)21(13-17)29-3/h4-8,13-14,16H,9-12,15H2,1-3H3,(H,24,27)/p+2/t16-/m0/s1. The van der Waals surface area contributed by atoms with Gasteiger partial charge in [-0.1, -0.05) is 17.7 Å². The Morgan fingerprint density at radius 2 is 1.79 bits per heavy atom. The third kappa shape index (κ3) is 5.63. The predicted molar refractivity (Wildman–Crippen MR) is 114 cm³/mol. The predicted octanol–water partition coefficient (Wildman–Crippen LogP) is 0.668. The molecule has 2 aromatic carbocycles. The van der Waals surface area contributed by atoms with Gasteiger partial charge < -0.3 is 24.6 Å². The molecule has 156 valence electrons. The second-order valence-corrected chi connectivity index (χ2v) is 7.93. The molecule has 0 saturated carbocycles. The topological polar surface area (TPSA) is 56.4 Å². The van der Waals surface area contributed by atoms with E-state index in [9.17, 15) is 4.79 Å². The molecule has 0 bridgehead atoms. The highest BCUT2D eigenvalue weighted by Crippen LogP contribution is 2.27. The van der Waals surface area contributed by atoms with E-state index in [2.05, 4.69) is 11.4 Å². The number of rotatable bonds is 7. The smallest absolute Gasteiger partial charge is 0.282 e. The van der Waals surface area contributed by atoms with Crippen molar-refractivity contribution < 1.29 is 24.1 Å². The lowest BCUT2D eigenvalue weighted by atomic mass is 10.1. The molecular weight excluding hydrogens is 390 g/mol. The van der Waals surface area contributed by atoms with Crippen molar-refractivity contribution in [2.75, 3.05) is 45.7 Å². The average molecular weight is 420 g/mol. The maximum absolute atomic E-state index is 12.6. The number of halogens is 1. The van der Waals surface area contributed by atoms with Gasteiger partial charge in [-0.2, -0.15) is 0 Å². The highest BCUT2D eigenvalue weighted by atomic mass is 35.5. The van der Waals surface area contributed by atoms with Crippen LogP contribution in [0, 0.1) is 0 Å². The zero-order valence-corrected chi connectivity index (χ0v) is 18.0. The molecule has 7 heteroatoms. The van der Waals surface area contributed by atoms with E-state index in [1.807, 2.05) is 31.2 Å². The van der Waals surface area contributed by atoms with Gasteiger partial charge in [0.15, 0.2) is 17.5 Å². The summed E-state index contributed by atoms with van der Waals surface area (Å²) >= 11 is 6.00. The lowest BCUT2D eigenvalue weighted by molar-refractivity contribution is -1.02. The van der Waals surface area contributed by atoms with Crippen LogP contribution in [0.4, 0.5) is 5.69 Å². The van der Waals surface area contributed by atoms with Gasteiger partial charge in [0.05, 0.1) is 14.2 Å². The van der Waals surface area contributed by atoms with Crippen molar-refractivity contribution in [2.45, 2.75) is 19.5 Å². The quantitative estimate of drug-likeness (QED) is 0.618. The van der Waals surface area contributed by atoms with E-state index >= 15 is 0 Å². The summed E-state index contributed by atoms with van der Waals surface area (Å²) in [5.74, 6) is 1.55. The normalized spacial score (nSPS) is 20.0. The molecular formula is C22H30ClN3O3+2. The average Bonchev–Trinajstić information content (AvgIpc) is 2.73.